The van der Waals surface area contributed by atoms with Gasteiger partial charge in [0.2, 0.25) is 0 Å². The molecule has 4 heteroatoms. The number of thiophene rings is 1. The highest BCUT2D eigenvalue weighted by atomic mass is 79.9. The van der Waals surface area contributed by atoms with Gasteiger partial charge in [0, 0.05) is 24.0 Å². The summed E-state index contributed by atoms with van der Waals surface area (Å²) in [7, 11) is 2.22. The monoisotopic (exact) mass is 288 g/mol. The molecule has 0 bridgehead atoms. The van der Waals surface area contributed by atoms with Crippen molar-refractivity contribution < 1.29 is 0 Å². The number of rotatable bonds is 4. The highest BCUT2D eigenvalue weighted by Gasteiger charge is 2.19. The number of likely N-dealkylation sites (tertiary alicyclic amines) is 1. The number of hydrogen-bond donors (Lipinski definition) is 1. The summed E-state index contributed by atoms with van der Waals surface area (Å²) in [6, 6.07) is 5.04. The van der Waals surface area contributed by atoms with Gasteiger partial charge in [-0.3, -0.25) is 0 Å². The molecule has 0 radical (unpaired) electrons. The number of nitrogens with zero attached hydrogens (tertiary/aromatic N) is 1. The van der Waals surface area contributed by atoms with Crippen molar-refractivity contribution in [2.75, 3.05) is 20.1 Å². The highest BCUT2D eigenvalue weighted by molar-refractivity contribution is 9.11. The van der Waals surface area contributed by atoms with Crippen LogP contribution in [0.2, 0.25) is 0 Å². The molecule has 0 amide bonds. The van der Waals surface area contributed by atoms with Crippen LogP contribution in [0.25, 0.3) is 0 Å². The Bertz CT molecular complexity index is 313. The Morgan fingerprint density at radius 1 is 1.60 bits per heavy atom. The third kappa shape index (κ3) is 3.28. The van der Waals surface area contributed by atoms with Crippen molar-refractivity contribution in [2.45, 2.75) is 25.4 Å². The number of halogens is 1. The van der Waals surface area contributed by atoms with Gasteiger partial charge in [-0.1, -0.05) is 0 Å². The first-order valence-corrected chi connectivity index (χ1v) is 7.02. The Balaban J connectivity index is 1.70. The summed E-state index contributed by atoms with van der Waals surface area (Å²) < 4.78 is 1.22. The third-order valence-electron chi connectivity index (χ3n) is 2.98. The van der Waals surface area contributed by atoms with Gasteiger partial charge in [0.25, 0.3) is 0 Å². The molecular formula is C11H17BrN2S. The van der Waals surface area contributed by atoms with Crippen molar-refractivity contribution in [3.05, 3.63) is 20.8 Å². The van der Waals surface area contributed by atoms with E-state index in [2.05, 4.69) is 45.3 Å². The van der Waals surface area contributed by atoms with Gasteiger partial charge in [-0.05, 0) is 54.5 Å². The standard InChI is InChI=1S/C11H17BrN2S/c1-14-6-2-3-9(14)7-13-8-10-4-5-11(12)15-10/h4-5,9,13H,2-3,6-8H2,1H3. The van der Waals surface area contributed by atoms with Crippen LogP contribution in [0.4, 0.5) is 0 Å². The van der Waals surface area contributed by atoms with Gasteiger partial charge in [-0.15, -0.1) is 11.3 Å². The van der Waals surface area contributed by atoms with Crippen molar-refractivity contribution in [3.63, 3.8) is 0 Å². The molecule has 1 aliphatic heterocycles. The lowest BCUT2D eigenvalue weighted by Gasteiger charge is -2.19. The van der Waals surface area contributed by atoms with Gasteiger partial charge in [0.1, 0.15) is 0 Å². The molecule has 15 heavy (non-hydrogen) atoms. The molecule has 1 unspecified atom stereocenters. The highest BCUT2D eigenvalue weighted by Crippen LogP contribution is 2.22. The first kappa shape index (κ1) is 11.6. The number of nitrogens with one attached hydrogen (secondary N) is 1. The van der Waals surface area contributed by atoms with E-state index in [4.69, 9.17) is 0 Å². The Hall–Kier alpha value is 0.1000. The Kier molecular flexibility index (Phi) is 4.20. The van der Waals surface area contributed by atoms with Crippen molar-refractivity contribution in [3.8, 4) is 0 Å². The maximum atomic E-state index is 3.54. The topological polar surface area (TPSA) is 15.3 Å². The summed E-state index contributed by atoms with van der Waals surface area (Å²) in [6.07, 6.45) is 2.70. The molecule has 0 spiro atoms. The van der Waals surface area contributed by atoms with E-state index in [1.165, 1.54) is 28.0 Å². The maximum absolute atomic E-state index is 3.54. The van der Waals surface area contributed by atoms with Gasteiger partial charge in [0.05, 0.1) is 3.79 Å². The van der Waals surface area contributed by atoms with Crippen LogP contribution in [-0.4, -0.2) is 31.1 Å². The zero-order valence-corrected chi connectivity index (χ0v) is 11.4. The van der Waals surface area contributed by atoms with Gasteiger partial charge < -0.3 is 10.2 Å². The van der Waals surface area contributed by atoms with E-state index in [1.807, 2.05) is 11.3 Å². The summed E-state index contributed by atoms with van der Waals surface area (Å²) in [6.45, 7) is 3.38. The summed E-state index contributed by atoms with van der Waals surface area (Å²) in [4.78, 5) is 3.86. The lowest BCUT2D eigenvalue weighted by atomic mass is 10.2. The summed E-state index contributed by atoms with van der Waals surface area (Å²) in [5.74, 6) is 0. The van der Waals surface area contributed by atoms with E-state index in [-0.39, 0.29) is 0 Å². The minimum Gasteiger partial charge on any atom is -0.310 e. The molecule has 84 valence electrons. The quantitative estimate of drug-likeness (QED) is 0.917. The van der Waals surface area contributed by atoms with Crippen LogP contribution in [0.3, 0.4) is 0 Å². The van der Waals surface area contributed by atoms with Crippen LogP contribution < -0.4 is 5.32 Å². The van der Waals surface area contributed by atoms with Crippen LogP contribution in [-0.2, 0) is 6.54 Å². The predicted molar refractivity (Wildman–Crippen MR) is 69.4 cm³/mol. The molecule has 2 nitrogen and oxygen atoms in total. The Labute approximate surface area is 104 Å². The molecule has 1 atom stereocenters. The lowest BCUT2D eigenvalue weighted by molar-refractivity contribution is 0.300. The van der Waals surface area contributed by atoms with Crippen molar-refractivity contribution in [1.82, 2.24) is 10.2 Å². The van der Waals surface area contributed by atoms with E-state index >= 15 is 0 Å². The SMILES string of the molecule is CN1CCCC1CNCc1ccc(Br)s1. The Morgan fingerprint density at radius 2 is 2.47 bits per heavy atom. The summed E-state index contributed by atoms with van der Waals surface area (Å²) in [5.41, 5.74) is 0. The van der Waals surface area contributed by atoms with E-state index in [1.54, 1.807) is 0 Å². The normalized spacial score (nSPS) is 22.4. The fraction of sp³-hybridized carbons (Fsp3) is 0.636. The molecular weight excluding hydrogens is 272 g/mol. The van der Waals surface area contributed by atoms with Crippen molar-refractivity contribution >= 4 is 27.3 Å². The minimum atomic E-state index is 0.744. The second-order valence-electron chi connectivity index (χ2n) is 4.11. The van der Waals surface area contributed by atoms with Crippen LogP contribution in [0.1, 0.15) is 17.7 Å². The molecule has 1 saturated heterocycles. The number of likely N-dealkylation sites (N-methyl/N-ethyl adjacent to an activating group) is 1. The molecule has 2 heterocycles. The largest absolute Gasteiger partial charge is 0.310 e. The fourth-order valence-electron chi connectivity index (χ4n) is 2.05. The molecule has 0 aliphatic carbocycles. The molecule has 1 aliphatic rings. The second-order valence-corrected chi connectivity index (χ2v) is 6.66. The van der Waals surface area contributed by atoms with Crippen LogP contribution in [0, 0.1) is 0 Å². The van der Waals surface area contributed by atoms with E-state index in [0.29, 0.717) is 0 Å². The molecule has 2 rings (SSSR count). The van der Waals surface area contributed by atoms with Crippen molar-refractivity contribution in [2.24, 2.45) is 0 Å². The molecule has 0 aromatic carbocycles. The van der Waals surface area contributed by atoms with Crippen LogP contribution >= 0.6 is 27.3 Å². The van der Waals surface area contributed by atoms with Gasteiger partial charge in [-0.2, -0.15) is 0 Å². The zero-order valence-electron chi connectivity index (χ0n) is 9.00. The summed E-state index contributed by atoms with van der Waals surface area (Å²) >= 11 is 5.29. The fourth-order valence-corrected chi connectivity index (χ4v) is 3.50. The van der Waals surface area contributed by atoms with E-state index in [9.17, 15) is 0 Å². The van der Waals surface area contributed by atoms with Gasteiger partial charge in [-0.25, -0.2) is 0 Å². The molecule has 1 aromatic rings. The van der Waals surface area contributed by atoms with E-state index < -0.39 is 0 Å². The molecule has 0 saturated carbocycles. The predicted octanol–water partition coefficient (Wildman–Crippen LogP) is 2.69. The third-order valence-corrected chi connectivity index (χ3v) is 4.60. The Morgan fingerprint density at radius 3 is 3.07 bits per heavy atom. The maximum Gasteiger partial charge on any atom is 0.0701 e. The molecule has 1 aromatic heterocycles. The van der Waals surface area contributed by atoms with Crippen LogP contribution in [0.5, 0.6) is 0 Å². The average Bonchev–Trinajstić information content (AvgIpc) is 2.77. The smallest absolute Gasteiger partial charge is 0.0701 e. The summed E-state index contributed by atoms with van der Waals surface area (Å²) in [5, 5.41) is 3.54. The average molecular weight is 289 g/mol. The number of hydrogen-bond acceptors (Lipinski definition) is 3. The first-order valence-electron chi connectivity index (χ1n) is 5.41. The second kappa shape index (κ2) is 5.43. The van der Waals surface area contributed by atoms with Gasteiger partial charge >= 0.3 is 0 Å². The van der Waals surface area contributed by atoms with Crippen molar-refractivity contribution in [1.29, 1.82) is 0 Å². The molecule has 1 N–H and O–H groups in total. The molecule has 1 fully saturated rings. The van der Waals surface area contributed by atoms with Crippen LogP contribution in [0.15, 0.2) is 15.9 Å². The van der Waals surface area contributed by atoms with E-state index in [0.717, 1.165) is 19.1 Å². The minimum absolute atomic E-state index is 0.744. The first-order chi connectivity index (χ1) is 7.25. The lowest BCUT2D eigenvalue weighted by Crippen LogP contribution is -2.34. The van der Waals surface area contributed by atoms with Gasteiger partial charge in [0.15, 0.2) is 0 Å². The zero-order chi connectivity index (χ0) is 10.7.